The first kappa shape index (κ1) is 15.2. The van der Waals surface area contributed by atoms with Gasteiger partial charge in [-0.15, -0.1) is 10.2 Å². The lowest BCUT2D eigenvalue weighted by Crippen LogP contribution is -2.29. The summed E-state index contributed by atoms with van der Waals surface area (Å²) < 4.78 is 36.5. The zero-order valence-electron chi connectivity index (χ0n) is 10.9. The second-order valence-electron chi connectivity index (χ2n) is 4.13. The molecule has 2 N–H and O–H groups in total. The number of alkyl halides is 3. The minimum Gasteiger partial charge on any atom is -0.356 e. The maximum Gasteiger partial charge on any atom is 0.471 e. The van der Waals surface area contributed by atoms with E-state index in [-0.39, 0.29) is 5.69 Å². The van der Waals surface area contributed by atoms with E-state index in [9.17, 15) is 18.0 Å². The zero-order chi connectivity index (χ0) is 15.5. The molecule has 0 radical (unpaired) electrons. The van der Waals surface area contributed by atoms with Crippen molar-refractivity contribution in [2.75, 3.05) is 10.6 Å². The van der Waals surface area contributed by atoms with E-state index >= 15 is 0 Å². The molecule has 21 heavy (non-hydrogen) atoms. The number of hydrogen-bond acceptors (Lipinski definition) is 5. The summed E-state index contributed by atoms with van der Waals surface area (Å²) in [6, 6.07) is 6.14. The van der Waals surface area contributed by atoms with E-state index in [1.165, 1.54) is 23.5 Å². The highest BCUT2D eigenvalue weighted by Crippen LogP contribution is 2.20. The molecule has 1 amide bonds. The number of nitrogens with one attached hydrogen (secondary N) is 2. The fourth-order valence-corrected chi connectivity index (χ4v) is 2.09. The van der Waals surface area contributed by atoms with Crippen molar-refractivity contribution in [3.8, 4) is 0 Å². The average Bonchev–Trinajstić information content (AvgIpc) is 2.82. The molecule has 2 aromatic rings. The molecule has 9 heteroatoms. The van der Waals surface area contributed by atoms with E-state index in [1.807, 2.05) is 12.2 Å². The van der Waals surface area contributed by atoms with Crippen LogP contribution in [0.2, 0.25) is 0 Å². The van der Waals surface area contributed by atoms with Gasteiger partial charge in [0, 0.05) is 12.2 Å². The van der Waals surface area contributed by atoms with Gasteiger partial charge in [-0.3, -0.25) is 4.79 Å². The summed E-state index contributed by atoms with van der Waals surface area (Å²) >= 11 is 1.37. The van der Waals surface area contributed by atoms with Crippen LogP contribution in [0.1, 0.15) is 10.6 Å². The van der Waals surface area contributed by atoms with Gasteiger partial charge in [0.1, 0.15) is 5.01 Å². The molecule has 112 valence electrons. The largest absolute Gasteiger partial charge is 0.471 e. The second kappa shape index (κ2) is 6.08. The molecule has 0 aliphatic heterocycles. The average molecular weight is 316 g/mol. The van der Waals surface area contributed by atoms with Gasteiger partial charge in [-0.05, 0) is 24.6 Å². The van der Waals surface area contributed by atoms with Gasteiger partial charge in [0.15, 0.2) is 0 Å². The molecule has 0 saturated carbocycles. The topological polar surface area (TPSA) is 66.9 Å². The minimum atomic E-state index is -4.90. The first-order valence-electron chi connectivity index (χ1n) is 5.86. The molecular formula is C12H11F3N4OS. The Morgan fingerprint density at radius 1 is 1.33 bits per heavy atom. The molecule has 1 heterocycles. The number of aryl methyl sites for hydroxylation is 1. The highest BCUT2D eigenvalue weighted by Gasteiger charge is 2.38. The molecular weight excluding hydrogens is 305 g/mol. The van der Waals surface area contributed by atoms with E-state index in [4.69, 9.17) is 0 Å². The lowest BCUT2D eigenvalue weighted by molar-refractivity contribution is -0.167. The number of carbonyl (C=O) groups excluding carboxylic acids is 1. The van der Waals surface area contributed by atoms with Crippen molar-refractivity contribution in [2.45, 2.75) is 19.6 Å². The van der Waals surface area contributed by atoms with Gasteiger partial charge in [0.25, 0.3) is 0 Å². The van der Waals surface area contributed by atoms with Crippen LogP contribution in [-0.2, 0) is 11.3 Å². The van der Waals surface area contributed by atoms with Crippen LogP contribution in [-0.4, -0.2) is 22.3 Å². The molecule has 0 spiro atoms. The Kier molecular flexibility index (Phi) is 4.41. The van der Waals surface area contributed by atoms with Gasteiger partial charge >= 0.3 is 12.1 Å². The molecule has 1 aromatic heterocycles. The van der Waals surface area contributed by atoms with Crippen LogP contribution in [0.5, 0.6) is 0 Å². The molecule has 0 unspecified atom stereocenters. The summed E-state index contributed by atoms with van der Waals surface area (Å²) in [6.07, 6.45) is -4.90. The third-order valence-corrected chi connectivity index (χ3v) is 3.21. The summed E-state index contributed by atoms with van der Waals surface area (Å²) in [5.41, 5.74) is 0.799. The fraction of sp³-hybridized carbons (Fsp3) is 0.250. The Morgan fingerprint density at radius 3 is 2.71 bits per heavy atom. The Morgan fingerprint density at radius 2 is 2.10 bits per heavy atom. The van der Waals surface area contributed by atoms with Gasteiger partial charge in [0.2, 0.25) is 5.13 Å². The maximum absolute atomic E-state index is 12.2. The number of halogens is 3. The van der Waals surface area contributed by atoms with Crippen LogP contribution < -0.4 is 10.6 Å². The maximum atomic E-state index is 12.2. The molecule has 5 nitrogen and oxygen atoms in total. The van der Waals surface area contributed by atoms with Crippen molar-refractivity contribution in [1.29, 1.82) is 0 Å². The monoisotopic (exact) mass is 316 g/mol. The standard InChI is InChI=1S/C12H11F3N4OS/c1-7-18-19-11(21-7)16-6-8-3-2-4-9(5-8)17-10(20)12(13,14)15/h2-5H,6H2,1H3,(H,16,19)(H,17,20). The van der Waals surface area contributed by atoms with E-state index in [0.717, 1.165) is 5.01 Å². The highest BCUT2D eigenvalue weighted by molar-refractivity contribution is 7.15. The van der Waals surface area contributed by atoms with Gasteiger partial charge in [-0.1, -0.05) is 23.5 Å². The molecule has 0 fully saturated rings. The van der Waals surface area contributed by atoms with Crippen molar-refractivity contribution in [3.63, 3.8) is 0 Å². The number of amides is 1. The molecule has 2 rings (SSSR count). The molecule has 0 saturated heterocycles. The molecule has 0 aliphatic rings. The van der Waals surface area contributed by atoms with Crippen LogP contribution in [0, 0.1) is 6.92 Å². The number of benzene rings is 1. The number of anilines is 2. The Hall–Kier alpha value is -2.16. The van der Waals surface area contributed by atoms with Crippen molar-refractivity contribution < 1.29 is 18.0 Å². The smallest absolute Gasteiger partial charge is 0.356 e. The number of nitrogens with zero attached hydrogens (tertiary/aromatic N) is 2. The Bertz CT molecular complexity index is 641. The van der Waals surface area contributed by atoms with Crippen LogP contribution >= 0.6 is 11.3 Å². The predicted molar refractivity (Wildman–Crippen MR) is 73.1 cm³/mol. The predicted octanol–water partition coefficient (Wildman–Crippen LogP) is 2.96. The van der Waals surface area contributed by atoms with E-state index in [2.05, 4.69) is 15.5 Å². The molecule has 0 bridgehead atoms. The molecule has 1 aromatic carbocycles. The quantitative estimate of drug-likeness (QED) is 0.910. The lowest BCUT2D eigenvalue weighted by Gasteiger charge is -2.09. The van der Waals surface area contributed by atoms with Crippen molar-refractivity contribution in [1.82, 2.24) is 10.2 Å². The zero-order valence-corrected chi connectivity index (χ0v) is 11.7. The number of carbonyl (C=O) groups is 1. The lowest BCUT2D eigenvalue weighted by atomic mass is 10.2. The van der Waals surface area contributed by atoms with E-state index < -0.39 is 12.1 Å². The summed E-state index contributed by atoms with van der Waals surface area (Å²) in [6.45, 7) is 2.18. The van der Waals surface area contributed by atoms with Crippen molar-refractivity contribution >= 4 is 28.1 Å². The summed E-state index contributed by atoms with van der Waals surface area (Å²) in [5, 5.41) is 14.0. The third-order valence-electron chi connectivity index (χ3n) is 2.41. The second-order valence-corrected chi connectivity index (χ2v) is 5.31. The fourth-order valence-electron chi connectivity index (χ4n) is 1.51. The van der Waals surface area contributed by atoms with Crippen LogP contribution in [0.4, 0.5) is 24.0 Å². The highest BCUT2D eigenvalue weighted by atomic mass is 32.1. The van der Waals surface area contributed by atoms with Gasteiger partial charge < -0.3 is 10.6 Å². The number of hydrogen-bond donors (Lipinski definition) is 2. The van der Waals surface area contributed by atoms with Crippen LogP contribution in [0.15, 0.2) is 24.3 Å². The molecule has 0 atom stereocenters. The minimum absolute atomic E-state index is 0.0880. The number of rotatable bonds is 4. The summed E-state index contributed by atoms with van der Waals surface area (Å²) in [7, 11) is 0. The van der Waals surface area contributed by atoms with Crippen LogP contribution in [0.25, 0.3) is 0 Å². The van der Waals surface area contributed by atoms with Gasteiger partial charge in [0.05, 0.1) is 0 Å². The first-order chi connectivity index (χ1) is 9.84. The SMILES string of the molecule is Cc1nnc(NCc2cccc(NC(=O)C(F)(F)F)c2)s1. The molecule has 0 aliphatic carbocycles. The van der Waals surface area contributed by atoms with Gasteiger partial charge in [-0.2, -0.15) is 13.2 Å². The number of aromatic nitrogens is 2. The van der Waals surface area contributed by atoms with Crippen molar-refractivity contribution in [3.05, 3.63) is 34.8 Å². The van der Waals surface area contributed by atoms with Crippen LogP contribution in [0.3, 0.4) is 0 Å². The van der Waals surface area contributed by atoms with Gasteiger partial charge in [-0.25, -0.2) is 0 Å². The summed E-state index contributed by atoms with van der Waals surface area (Å²) in [4.78, 5) is 10.9. The Labute approximate surface area is 122 Å². The van der Waals surface area contributed by atoms with E-state index in [1.54, 1.807) is 12.1 Å². The first-order valence-corrected chi connectivity index (χ1v) is 6.67. The van der Waals surface area contributed by atoms with Crippen molar-refractivity contribution in [2.24, 2.45) is 0 Å². The van der Waals surface area contributed by atoms with E-state index in [0.29, 0.717) is 17.2 Å². The third kappa shape index (κ3) is 4.42. The normalized spacial score (nSPS) is 11.2. The summed E-state index contributed by atoms with van der Waals surface area (Å²) in [5.74, 6) is -1.99. The Balaban J connectivity index is 1.99.